The molecule has 0 radical (unpaired) electrons. The predicted octanol–water partition coefficient (Wildman–Crippen LogP) is 4.48. The first-order valence-electron chi connectivity index (χ1n) is 10.3. The average Bonchev–Trinajstić information content (AvgIpc) is 3.08. The summed E-state index contributed by atoms with van der Waals surface area (Å²) in [5.74, 6) is 0.445. The van der Waals surface area contributed by atoms with Gasteiger partial charge in [-0.3, -0.25) is 0 Å². The predicted molar refractivity (Wildman–Crippen MR) is 109 cm³/mol. The lowest BCUT2D eigenvalue weighted by Crippen LogP contribution is -2.53. The maximum Gasteiger partial charge on any atom is 0.113 e. The number of ether oxygens (including phenoxy) is 1. The van der Waals surface area contributed by atoms with Gasteiger partial charge in [0.05, 0.1) is 18.8 Å². The van der Waals surface area contributed by atoms with Crippen LogP contribution in [0.4, 0.5) is 5.69 Å². The molecule has 0 spiro atoms. The molecule has 5 heteroatoms. The monoisotopic (exact) mass is 368 g/mol. The number of nitrogens with zero attached hydrogens (tertiary/aromatic N) is 4. The molecule has 0 N–H and O–H groups in total. The number of hydrogen-bond acceptors (Lipinski definition) is 4. The minimum Gasteiger partial charge on any atom is -0.376 e. The van der Waals surface area contributed by atoms with Gasteiger partial charge >= 0.3 is 0 Å². The molecule has 3 heterocycles. The molecule has 2 aliphatic heterocycles. The van der Waals surface area contributed by atoms with Crippen LogP contribution in [0, 0.1) is 5.41 Å². The molecule has 1 aromatic carbocycles. The van der Waals surface area contributed by atoms with Gasteiger partial charge in [-0.05, 0) is 48.3 Å². The van der Waals surface area contributed by atoms with Crippen LogP contribution in [-0.2, 0) is 11.3 Å². The summed E-state index contributed by atoms with van der Waals surface area (Å²) in [6, 6.07) is 6.81. The van der Waals surface area contributed by atoms with Crippen LogP contribution >= 0.6 is 0 Å². The van der Waals surface area contributed by atoms with Crippen LogP contribution in [0.1, 0.15) is 58.4 Å². The molecular weight excluding hydrogens is 336 g/mol. The SMILES string of the molecule is CC(C)c1cc(N2CC(C)(C)C2)ccc1-c1cn(CC2CCCCO2)nn1. The zero-order valence-electron chi connectivity index (χ0n) is 17.1. The number of aromatic nitrogens is 3. The van der Waals surface area contributed by atoms with Gasteiger partial charge in [0.2, 0.25) is 0 Å². The van der Waals surface area contributed by atoms with Crippen molar-refractivity contribution in [3.05, 3.63) is 30.0 Å². The highest BCUT2D eigenvalue weighted by Crippen LogP contribution is 2.37. The average molecular weight is 369 g/mol. The fourth-order valence-electron chi connectivity index (χ4n) is 4.30. The molecule has 146 valence electrons. The smallest absolute Gasteiger partial charge is 0.113 e. The van der Waals surface area contributed by atoms with Crippen LogP contribution in [0.3, 0.4) is 0 Å². The van der Waals surface area contributed by atoms with E-state index in [1.165, 1.54) is 29.7 Å². The lowest BCUT2D eigenvalue weighted by molar-refractivity contribution is 0.00370. The van der Waals surface area contributed by atoms with Crippen molar-refractivity contribution in [2.24, 2.45) is 5.41 Å². The summed E-state index contributed by atoms with van der Waals surface area (Å²) in [6.45, 7) is 13.1. The Morgan fingerprint density at radius 3 is 2.70 bits per heavy atom. The Labute approximate surface area is 162 Å². The van der Waals surface area contributed by atoms with Gasteiger partial charge in [0.1, 0.15) is 5.69 Å². The Hall–Kier alpha value is -1.88. The number of rotatable bonds is 5. The quantitative estimate of drug-likeness (QED) is 0.780. The van der Waals surface area contributed by atoms with Gasteiger partial charge in [0.15, 0.2) is 0 Å². The fraction of sp³-hybridized carbons (Fsp3) is 0.636. The maximum absolute atomic E-state index is 5.84. The molecule has 0 amide bonds. The van der Waals surface area contributed by atoms with Crippen LogP contribution in [0.15, 0.2) is 24.4 Å². The lowest BCUT2D eigenvalue weighted by atomic mass is 9.83. The Kier molecular flexibility index (Phi) is 4.97. The topological polar surface area (TPSA) is 43.2 Å². The third kappa shape index (κ3) is 4.03. The van der Waals surface area contributed by atoms with Crippen LogP contribution in [0.2, 0.25) is 0 Å². The molecule has 2 aliphatic rings. The van der Waals surface area contributed by atoms with E-state index < -0.39 is 0 Å². The number of hydrogen-bond donors (Lipinski definition) is 0. The summed E-state index contributed by atoms with van der Waals surface area (Å²) in [4.78, 5) is 2.47. The van der Waals surface area contributed by atoms with Gasteiger partial charge in [0.25, 0.3) is 0 Å². The van der Waals surface area contributed by atoms with E-state index in [0.717, 1.165) is 38.4 Å². The van der Waals surface area contributed by atoms with Gasteiger partial charge in [-0.15, -0.1) is 5.10 Å². The molecule has 1 aromatic heterocycles. The van der Waals surface area contributed by atoms with Crippen molar-refractivity contribution < 1.29 is 4.74 Å². The van der Waals surface area contributed by atoms with Crippen molar-refractivity contribution in [3.63, 3.8) is 0 Å². The fourth-order valence-corrected chi connectivity index (χ4v) is 4.30. The van der Waals surface area contributed by atoms with Crippen molar-refractivity contribution in [2.75, 3.05) is 24.6 Å². The summed E-state index contributed by atoms with van der Waals surface area (Å²) in [7, 11) is 0. The van der Waals surface area contributed by atoms with Crippen molar-refractivity contribution >= 4 is 5.69 Å². The van der Waals surface area contributed by atoms with Crippen molar-refractivity contribution in [1.82, 2.24) is 15.0 Å². The third-order valence-corrected chi connectivity index (χ3v) is 5.74. The molecule has 2 aromatic rings. The number of anilines is 1. The van der Waals surface area contributed by atoms with Gasteiger partial charge < -0.3 is 9.64 Å². The van der Waals surface area contributed by atoms with E-state index in [-0.39, 0.29) is 6.10 Å². The van der Waals surface area contributed by atoms with E-state index in [1.54, 1.807) is 0 Å². The normalized spacial score (nSPS) is 22.1. The first-order valence-corrected chi connectivity index (χ1v) is 10.3. The molecule has 1 atom stereocenters. The van der Waals surface area contributed by atoms with Crippen LogP contribution in [0.5, 0.6) is 0 Å². The molecule has 2 fully saturated rings. The summed E-state index contributed by atoms with van der Waals surface area (Å²) in [5.41, 5.74) is 5.26. The molecular formula is C22H32N4O. The summed E-state index contributed by atoms with van der Waals surface area (Å²) < 4.78 is 7.79. The highest BCUT2D eigenvalue weighted by atomic mass is 16.5. The Morgan fingerprint density at radius 1 is 1.22 bits per heavy atom. The third-order valence-electron chi connectivity index (χ3n) is 5.74. The molecule has 0 aliphatic carbocycles. The van der Waals surface area contributed by atoms with Crippen LogP contribution < -0.4 is 4.90 Å². The minimum atomic E-state index is 0.273. The molecule has 0 saturated carbocycles. The molecule has 2 saturated heterocycles. The summed E-state index contributed by atoms with van der Waals surface area (Å²) in [5, 5.41) is 8.84. The first kappa shape index (κ1) is 18.5. The van der Waals surface area contributed by atoms with Crippen LogP contribution in [0.25, 0.3) is 11.3 Å². The van der Waals surface area contributed by atoms with E-state index in [2.05, 4.69) is 67.3 Å². The Bertz CT molecular complexity index is 781. The Balaban J connectivity index is 1.54. The van der Waals surface area contributed by atoms with Crippen LogP contribution in [-0.4, -0.2) is 40.8 Å². The molecule has 0 bridgehead atoms. The molecule has 4 rings (SSSR count). The zero-order chi connectivity index (χ0) is 19.0. The second-order valence-electron chi connectivity index (χ2n) is 9.26. The second-order valence-corrected chi connectivity index (χ2v) is 9.26. The molecule has 5 nitrogen and oxygen atoms in total. The van der Waals surface area contributed by atoms with E-state index in [1.807, 2.05) is 4.68 Å². The van der Waals surface area contributed by atoms with Gasteiger partial charge in [-0.25, -0.2) is 4.68 Å². The van der Waals surface area contributed by atoms with E-state index in [4.69, 9.17) is 4.74 Å². The van der Waals surface area contributed by atoms with Gasteiger partial charge in [-0.1, -0.05) is 39.0 Å². The summed E-state index contributed by atoms with van der Waals surface area (Å²) >= 11 is 0. The van der Waals surface area contributed by atoms with E-state index in [0.29, 0.717) is 11.3 Å². The van der Waals surface area contributed by atoms with Gasteiger partial charge in [-0.2, -0.15) is 0 Å². The minimum absolute atomic E-state index is 0.273. The highest BCUT2D eigenvalue weighted by Gasteiger charge is 2.34. The van der Waals surface area contributed by atoms with Crippen molar-refractivity contribution in [2.45, 2.75) is 65.5 Å². The van der Waals surface area contributed by atoms with Gasteiger partial charge in [0, 0.05) is 30.9 Å². The lowest BCUT2D eigenvalue weighted by Gasteiger charge is -2.47. The van der Waals surface area contributed by atoms with Crippen molar-refractivity contribution in [3.8, 4) is 11.3 Å². The Morgan fingerprint density at radius 2 is 2.04 bits per heavy atom. The standard InChI is InChI=1S/C22H32N4O/c1-16(2)20-11-17(25-14-22(3,4)15-25)8-9-19(20)21-13-26(24-23-21)12-18-7-5-6-10-27-18/h8-9,11,13,16,18H,5-7,10,12,14-15H2,1-4H3. The largest absolute Gasteiger partial charge is 0.376 e. The second kappa shape index (κ2) is 7.27. The molecule has 27 heavy (non-hydrogen) atoms. The maximum atomic E-state index is 5.84. The van der Waals surface area contributed by atoms with Crippen molar-refractivity contribution in [1.29, 1.82) is 0 Å². The first-order chi connectivity index (χ1) is 12.9. The zero-order valence-corrected chi connectivity index (χ0v) is 17.1. The van der Waals surface area contributed by atoms with E-state index in [9.17, 15) is 0 Å². The summed E-state index contributed by atoms with van der Waals surface area (Å²) in [6.07, 6.45) is 5.89. The molecule has 1 unspecified atom stereocenters. The highest BCUT2D eigenvalue weighted by molar-refractivity contribution is 5.68. The number of benzene rings is 1. The van der Waals surface area contributed by atoms with E-state index >= 15 is 0 Å².